The molecule has 4 rings (SSSR count). The van der Waals surface area contributed by atoms with Crippen molar-refractivity contribution in [3.63, 3.8) is 0 Å². The molecule has 1 amide bonds. The molecule has 26 heavy (non-hydrogen) atoms. The van der Waals surface area contributed by atoms with Crippen molar-refractivity contribution in [2.75, 3.05) is 12.3 Å². The van der Waals surface area contributed by atoms with Crippen LogP contribution in [-0.2, 0) is 17.9 Å². The molecule has 1 aliphatic heterocycles. The first-order valence-corrected chi connectivity index (χ1v) is 10.0. The normalized spacial score (nSPS) is 18.3. The van der Waals surface area contributed by atoms with Crippen molar-refractivity contribution < 1.29 is 9.90 Å². The van der Waals surface area contributed by atoms with Gasteiger partial charge in [-0.1, -0.05) is 11.8 Å². The summed E-state index contributed by atoms with van der Waals surface area (Å²) in [5.74, 6) is 0.770. The topological polar surface area (TPSA) is 84.1 Å². The van der Waals surface area contributed by atoms with E-state index in [1.807, 2.05) is 28.6 Å². The molecule has 2 aromatic heterocycles. The summed E-state index contributed by atoms with van der Waals surface area (Å²) in [5, 5.41) is 15.5. The lowest BCUT2D eigenvalue weighted by molar-refractivity contribution is -0.128. The van der Waals surface area contributed by atoms with Crippen molar-refractivity contribution >= 4 is 17.7 Å². The predicted molar refractivity (Wildman–Crippen MR) is 97.4 cm³/mol. The number of aryl methyl sites for hydroxylation is 2. The number of thioether (sulfide) groups is 1. The molecule has 1 fully saturated rings. The van der Waals surface area contributed by atoms with Gasteiger partial charge in [0.15, 0.2) is 5.16 Å². The second-order valence-corrected chi connectivity index (χ2v) is 7.95. The highest BCUT2D eigenvalue weighted by Gasteiger charge is 2.33. The molecule has 3 heterocycles. The fraction of sp³-hybridized carbons (Fsp3) is 0.556. The van der Waals surface area contributed by atoms with Gasteiger partial charge in [-0.3, -0.25) is 9.48 Å². The van der Waals surface area contributed by atoms with Crippen LogP contribution in [-0.4, -0.2) is 48.0 Å². The van der Waals surface area contributed by atoms with E-state index in [9.17, 15) is 9.90 Å². The van der Waals surface area contributed by atoms with Crippen LogP contribution < -0.4 is 0 Å². The molecule has 1 atom stereocenters. The first-order valence-electron chi connectivity index (χ1n) is 9.05. The minimum Gasteiger partial charge on any atom is -0.386 e. The van der Waals surface area contributed by atoms with Gasteiger partial charge in [0.1, 0.15) is 6.10 Å². The number of fused-ring (bicyclic) bond motifs is 1. The van der Waals surface area contributed by atoms with Crippen LogP contribution in [0.3, 0.4) is 0 Å². The molecule has 1 aliphatic carbocycles. The largest absolute Gasteiger partial charge is 0.386 e. The van der Waals surface area contributed by atoms with E-state index in [1.54, 1.807) is 6.20 Å². The van der Waals surface area contributed by atoms with Crippen molar-refractivity contribution in [3.05, 3.63) is 35.4 Å². The van der Waals surface area contributed by atoms with E-state index in [4.69, 9.17) is 0 Å². The second-order valence-electron chi connectivity index (χ2n) is 7.00. The molecular weight excluding hydrogens is 350 g/mol. The van der Waals surface area contributed by atoms with Crippen LogP contribution in [0.25, 0.3) is 0 Å². The lowest BCUT2D eigenvalue weighted by Gasteiger charge is -2.19. The minimum atomic E-state index is -0.465. The Morgan fingerprint density at radius 2 is 2.27 bits per heavy atom. The van der Waals surface area contributed by atoms with E-state index in [0.717, 1.165) is 49.4 Å². The third-order valence-corrected chi connectivity index (χ3v) is 5.70. The van der Waals surface area contributed by atoms with Gasteiger partial charge in [0, 0.05) is 25.0 Å². The second kappa shape index (κ2) is 7.36. The van der Waals surface area contributed by atoms with Crippen LogP contribution in [0.4, 0.5) is 0 Å². The smallest absolute Gasteiger partial charge is 0.233 e. The number of carbonyl (C=O) groups is 1. The lowest BCUT2D eigenvalue weighted by atomic mass is 10.1. The van der Waals surface area contributed by atoms with Crippen LogP contribution in [0.5, 0.6) is 0 Å². The Bertz CT molecular complexity index is 805. The number of nitrogens with zero attached hydrogens (tertiary/aromatic N) is 5. The molecule has 0 spiro atoms. The van der Waals surface area contributed by atoms with E-state index < -0.39 is 6.10 Å². The number of amides is 1. The van der Waals surface area contributed by atoms with Gasteiger partial charge < -0.3 is 10.0 Å². The Balaban J connectivity index is 1.40. The van der Waals surface area contributed by atoms with Gasteiger partial charge in [-0.05, 0) is 44.2 Å². The van der Waals surface area contributed by atoms with Crippen LogP contribution in [0.15, 0.2) is 23.5 Å². The van der Waals surface area contributed by atoms with Gasteiger partial charge in [0.25, 0.3) is 0 Å². The molecule has 1 saturated carbocycles. The van der Waals surface area contributed by atoms with Gasteiger partial charge in [0.05, 0.1) is 23.7 Å². The van der Waals surface area contributed by atoms with Crippen molar-refractivity contribution in [2.24, 2.45) is 5.92 Å². The molecule has 0 aromatic carbocycles. The maximum atomic E-state index is 12.6. The molecule has 138 valence electrons. The Labute approximate surface area is 156 Å². The van der Waals surface area contributed by atoms with Crippen molar-refractivity contribution in [1.29, 1.82) is 0 Å². The molecule has 2 aliphatic rings. The quantitative estimate of drug-likeness (QED) is 0.637. The van der Waals surface area contributed by atoms with E-state index in [0.29, 0.717) is 23.4 Å². The van der Waals surface area contributed by atoms with E-state index in [1.165, 1.54) is 11.8 Å². The zero-order valence-electron chi connectivity index (χ0n) is 14.8. The number of aromatic nitrogens is 4. The average Bonchev–Trinajstić information content (AvgIpc) is 3.43. The minimum absolute atomic E-state index is 0.0825. The predicted octanol–water partition coefficient (Wildman–Crippen LogP) is 1.95. The number of hydrogen-bond acceptors (Lipinski definition) is 6. The first-order chi connectivity index (χ1) is 12.6. The number of aliphatic hydroxyl groups excluding tert-OH is 1. The van der Waals surface area contributed by atoms with Crippen molar-refractivity contribution in [1.82, 2.24) is 24.6 Å². The third kappa shape index (κ3) is 3.91. The van der Waals surface area contributed by atoms with Crippen molar-refractivity contribution in [3.8, 4) is 0 Å². The molecular formula is C18H23N5O2S. The molecule has 0 bridgehead atoms. The Kier molecular flexibility index (Phi) is 4.95. The highest BCUT2D eigenvalue weighted by molar-refractivity contribution is 7.99. The zero-order valence-corrected chi connectivity index (χ0v) is 15.7. The summed E-state index contributed by atoms with van der Waals surface area (Å²) >= 11 is 1.37. The summed E-state index contributed by atoms with van der Waals surface area (Å²) in [5.41, 5.74) is 2.65. The Morgan fingerprint density at radius 3 is 3.04 bits per heavy atom. The number of carbonyl (C=O) groups excluding carboxylic acids is 1. The molecule has 1 N–H and O–H groups in total. The van der Waals surface area contributed by atoms with Gasteiger partial charge in [-0.15, -0.1) is 0 Å². The maximum absolute atomic E-state index is 12.6. The molecule has 2 aromatic rings. The molecule has 7 nitrogen and oxygen atoms in total. The SMILES string of the molecule is Cc1ccnc(SCC(=O)N2CCCn3nc(C(O)C4CC4)cc3C2)n1. The van der Waals surface area contributed by atoms with E-state index in [-0.39, 0.29) is 5.91 Å². The van der Waals surface area contributed by atoms with Gasteiger partial charge in [0.2, 0.25) is 5.91 Å². The van der Waals surface area contributed by atoms with E-state index >= 15 is 0 Å². The van der Waals surface area contributed by atoms with Gasteiger partial charge in [-0.2, -0.15) is 5.10 Å². The lowest BCUT2D eigenvalue weighted by Crippen LogP contribution is -2.32. The number of rotatable bonds is 5. The molecule has 1 unspecified atom stereocenters. The highest BCUT2D eigenvalue weighted by atomic mass is 32.2. The summed E-state index contributed by atoms with van der Waals surface area (Å²) in [6, 6.07) is 3.81. The zero-order chi connectivity index (χ0) is 18.1. The molecule has 0 radical (unpaired) electrons. The van der Waals surface area contributed by atoms with Crippen LogP contribution >= 0.6 is 11.8 Å². The number of aliphatic hydroxyl groups is 1. The number of hydrogen-bond donors (Lipinski definition) is 1. The van der Waals surface area contributed by atoms with E-state index in [2.05, 4.69) is 15.1 Å². The van der Waals surface area contributed by atoms with Crippen LogP contribution in [0.1, 0.15) is 42.4 Å². The van der Waals surface area contributed by atoms with Crippen LogP contribution in [0.2, 0.25) is 0 Å². The summed E-state index contributed by atoms with van der Waals surface area (Å²) in [6.07, 6.45) is 4.27. The van der Waals surface area contributed by atoms with Crippen LogP contribution in [0, 0.1) is 12.8 Å². The van der Waals surface area contributed by atoms with Crippen molar-refractivity contribution in [2.45, 2.75) is 50.5 Å². The Hall–Kier alpha value is -1.93. The average molecular weight is 373 g/mol. The van der Waals surface area contributed by atoms with Gasteiger partial charge >= 0.3 is 0 Å². The fourth-order valence-electron chi connectivity index (χ4n) is 3.21. The standard InChI is InChI=1S/C18H23N5O2S/c1-12-5-6-19-18(20-12)26-11-16(24)22-7-2-8-23-14(10-22)9-15(21-23)17(25)13-3-4-13/h5-6,9,13,17,25H,2-4,7-8,10-11H2,1H3. The summed E-state index contributed by atoms with van der Waals surface area (Å²) in [4.78, 5) is 23.0. The summed E-state index contributed by atoms with van der Waals surface area (Å²) < 4.78 is 1.95. The third-order valence-electron chi connectivity index (χ3n) is 4.85. The summed E-state index contributed by atoms with van der Waals surface area (Å²) in [7, 11) is 0. The highest BCUT2D eigenvalue weighted by Crippen LogP contribution is 2.40. The fourth-order valence-corrected chi connectivity index (χ4v) is 3.99. The van der Waals surface area contributed by atoms with Gasteiger partial charge in [-0.25, -0.2) is 9.97 Å². The molecule has 0 saturated heterocycles. The first kappa shape index (κ1) is 17.5. The summed E-state index contributed by atoms with van der Waals surface area (Å²) in [6.45, 7) is 3.96. The molecule has 8 heteroatoms. The monoisotopic (exact) mass is 373 g/mol. The Morgan fingerprint density at radius 1 is 1.42 bits per heavy atom. The maximum Gasteiger partial charge on any atom is 0.233 e.